The summed E-state index contributed by atoms with van der Waals surface area (Å²) in [6.45, 7) is 0.925. The molecule has 1 saturated heterocycles. The van der Waals surface area contributed by atoms with Gasteiger partial charge in [0.05, 0.1) is 11.5 Å². The number of fused-ring (bicyclic) bond motifs is 1. The van der Waals surface area contributed by atoms with E-state index in [1.165, 1.54) is 0 Å². The zero-order chi connectivity index (χ0) is 17.2. The van der Waals surface area contributed by atoms with Crippen molar-refractivity contribution in [3.05, 3.63) is 23.8 Å². The molecule has 1 N–H and O–H groups in total. The highest BCUT2D eigenvalue weighted by molar-refractivity contribution is 7.91. The molecule has 1 atom stereocenters. The molecule has 1 unspecified atom stereocenters. The maximum Gasteiger partial charge on any atom is 0.220 e. The highest BCUT2D eigenvalue weighted by Crippen LogP contribution is 2.31. The van der Waals surface area contributed by atoms with Gasteiger partial charge in [-0.25, -0.2) is 8.42 Å². The van der Waals surface area contributed by atoms with Gasteiger partial charge in [0.2, 0.25) is 5.91 Å². The number of carbonyl (C=O) groups excluding carboxylic acids is 2. The predicted molar refractivity (Wildman–Crippen MR) is 86.2 cm³/mol. The predicted octanol–water partition coefficient (Wildman–Crippen LogP) is 0.724. The Bertz CT molecular complexity index is 758. The number of sulfone groups is 1. The number of Topliss-reactive ketones (excluding diaryl/α,β-unsaturated/α-hetero) is 1. The Morgan fingerprint density at radius 2 is 1.88 bits per heavy atom. The zero-order valence-electron chi connectivity index (χ0n) is 13.1. The summed E-state index contributed by atoms with van der Waals surface area (Å²) in [6, 6.07) is 4.62. The van der Waals surface area contributed by atoms with Gasteiger partial charge in [-0.2, -0.15) is 0 Å². The molecular weight excluding hydrogens is 334 g/mol. The lowest BCUT2D eigenvalue weighted by atomic mass is 10.1. The SMILES string of the molecule is O=C(CCC(=O)c1ccc2c(c1)OCCO2)NC1CCS(=O)(=O)C1. The van der Waals surface area contributed by atoms with Crippen LogP contribution in [0.1, 0.15) is 29.6 Å². The lowest BCUT2D eigenvalue weighted by Gasteiger charge is -2.18. The van der Waals surface area contributed by atoms with E-state index in [-0.39, 0.29) is 42.1 Å². The average molecular weight is 353 g/mol. The third-order valence-electron chi connectivity index (χ3n) is 4.04. The van der Waals surface area contributed by atoms with Gasteiger partial charge >= 0.3 is 0 Å². The fraction of sp³-hybridized carbons (Fsp3) is 0.500. The molecule has 2 heterocycles. The molecule has 0 aliphatic carbocycles. The highest BCUT2D eigenvalue weighted by atomic mass is 32.2. The highest BCUT2D eigenvalue weighted by Gasteiger charge is 2.28. The van der Waals surface area contributed by atoms with E-state index in [9.17, 15) is 18.0 Å². The summed E-state index contributed by atoms with van der Waals surface area (Å²) in [7, 11) is -3.03. The summed E-state index contributed by atoms with van der Waals surface area (Å²) in [6.07, 6.45) is 0.527. The van der Waals surface area contributed by atoms with E-state index in [1.807, 2.05) is 0 Å². The van der Waals surface area contributed by atoms with Crippen molar-refractivity contribution < 1.29 is 27.5 Å². The van der Waals surface area contributed by atoms with E-state index in [2.05, 4.69) is 5.32 Å². The van der Waals surface area contributed by atoms with Gasteiger partial charge in [-0.3, -0.25) is 9.59 Å². The molecule has 1 fully saturated rings. The van der Waals surface area contributed by atoms with Crippen LogP contribution in [0.4, 0.5) is 0 Å². The van der Waals surface area contributed by atoms with Gasteiger partial charge in [0.1, 0.15) is 13.2 Å². The van der Waals surface area contributed by atoms with E-state index >= 15 is 0 Å². The number of hydrogen-bond acceptors (Lipinski definition) is 6. The smallest absolute Gasteiger partial charge is 0.220 e. The van der Waals surface area contributed by atoms with Crippen molar-refractivity contribution in [3.8, 4) is 11.5 Å². The average Bonchev–Trinajstić information content (AvgIpc) is 2.90. The second-order valence-electron chi connectivity index (χ2n) is 5.95. The summed E-state index contributed by atoms with van der Waals surface area (Å²) in [5.41, 5.74) is 0.468. The van der Waals surface area contributed by atoms with Gasteiger partial charge in [0.15, 0.2) is 27.1 Å². The number of hydrogen-bond donors (Lipinski definition) is 1. The maximum atomic E-state index is 12.2. The topological polar surface area (TPSA) is 98.8 Å². The Labute approximate surface area is 140 Å². The fourth-order valence-corrected chi connectivity index (χ4v) is 4.47. The Hall–Kier alpha value is -2.09. The van der Waals surface area contributed by atoms with E-state index in [4.69, 9.17) is 9.47 Å². The van der Waals surface area contributed by atoms with Crippen LogP contribution in [0.2, 0.25) is 0 Å². The molecule has 1 aromatic rings. The third-order valence-corrected chi connectivity index (χ3v) is 5.81. The minimum Gasteiger partial charge on any atom is -0.486 e. The van der Waals surface area contributed by atoms with Gasteiger partial charge in [-0.1, -0.05) is 0 Å². The molecule has 3 rings (SSSR count). The Morgan fingerprint density at radius 1 is 1.12 bits per heavy atom. The molecule has 2 aliphatic heterocycles. The third kappa shape index (κ3) is 4.05. The molecule has 0 radical (unpaired) electrons. The van der Waals surface area contributed by atoms with Crippen molar-refractivity contribution >= 4 is 21.5 Å². The Morgan fingerprint density at radius 3 is 2.58 bits per heavy atom. The summed E-state index contributed by atoms with van der Waals surface area (Å²) in [5, 5.41) is 2.68. The molecule has 130 valence electrons. The lowest BCUT2D eigenvalue weighted by molar-refractivity contribution is -0.121. The Balaban J connectivity index is 1.51. The van der Waals surface area contributed by atoms with E-state index in [1.54, 1.807) is 18.2 Å². The molecule has 0 bridgehead atoms. The van der Waals surface area contributed by atoms with E-state index in [0.717, 1.165) is 0 Å². The van der Waals surface area contributed by atoms with Crippen LogP contribution in [0.25, 0.3) is 0 Å². The van der Waals surface area contributed by atoms with Crippen LogP contribution in [0.3, 0.4) is 0 Å². The second-order valence-corrected chi connectivity index (χ2v) is 8.18. The van der Waals surface area contributed by atoms with Crippen LogP contribution in [-0.4, -0.2) is 50.9 Å². The zero-order valence-corrected chi connectivity index (χ0v) is 13.9. The molecule has 0 aromatic heterocycles. The lowest BCUT2D eigenvalue weighted by Crippen LogP contribution is -2.35. The fourth-order valence-electron chi connectivity index (χ4n) is 2.80. The molecule has 0 spiro atoms. The summed E-state index contributed by atoms with van der Waals surface area (Å²) in [4.78, 5) is 24.1. The van der Waals surface area contributed by atoms with Crippen LogP contribution in [0.15, 0.2) is 18.2 Å². The van der Waals surface area contributed by atoms with Crippen molar-refractivity contribution in [3.63, 3.8) is 0 Å². The van der Waals surface area contributed by atoms with Crippen molar-refractivity contribution in [1.82, 2.24) is 5.32 Å². The molecule has 2 aliphatic rings. The first-order valence-electron chi connectivity index (χ1n) is 7.85. The summed E-state index contributed by atoms with van der Waals surface area (Å²) < 4.78 is 33.6. The minimum atomic E-state index is -3.03. The van der Waals surface area contributed by atoms with Crippen molar-refractivity contribution in [2.75, 3.05) is 24.7 Å². The molecule has 7 nitrogen and oxygen atoms in total. The van der Waals surface area contributed by atoms with E-state index in [0.29, 0.717) is 36.7 Å². The van der Waals surface area contributed by atoms with Crippen molar-refractivity contribution in [1.29, 1.82) is 0 Å². The number of amides is 1. The molecule has 1 aromatic carbocycles. The van der Waals surface area contributed by atoms with Gasteiger partial charge < -0.3 is 14.8 Å². The van der Waals surface area contributed by atoms with Crippen LogP contribution in [-0.2, 0) is 14.6 Å². The van der Waals surface area contributed by atoms with Crippen LogP contribution in [0.5, 0.6) is 11.5 Å². The number of ether oxygens (including phenoxy) is 2. The minimum absolute atomic E-state index is 0.0190. The van der Waals surface area contributed by atoms with Crippen molar-refractivity contribution in [2.45, 2.75) is 25.3 Å². The van der Waals surface area contributed by atoms with Gasteiger partial charge in [0.25, 0.3) is 0 Å². The standard InChI is InChI=1S/C16H19NO6S/c18-13(11-1-3-14-15(9-11)23-7-6-22-14)2-4-16(19)17-12-5-8-24(20,21)10-12/h1,3,9,12H,2,4-8,10H2,(H,17,19). The first kappa shape index (κ1) is 16.8. The van der Waals surface area contributed by atoms with Crippen molar-refractivity contribution in [2.24, 2.45) is 0 Å². The van der Waals surface area contributed by atoms with Gasteiger partial charge in [0, 0.05) is 24.4 Å². The normalized spacial score (nSPS) is 21.2. The first-order valence-corrected chi connectivity index (χ1v) is 9.68. The van der Waals surface area contributed by atoms with Crippen LogP contribution < -0.4 is 14.8 Å². The second kappa shape index (κ2) is 6.80. The molecular formula is C16H19NO6S. The molecule has 8 heteroatoms. The number of carbonyl (C=O) groups is 2. The van der Waals surface area contributed by atoms with Gasteiger partial charge in [-0.05, 0) is 24.6 Å². The molecule has 24 heavy (non-hydrogen) atoms. The molecule has 0 saturated carbocycles. The maximum absolute atomic E-state index is 12.2. The number of nitrogens with one attached hydrogen (secondary N) is 1. The van der Waals surface area contributed by atoms with Crippen LogP contribution in [0, 0.1) is 0 Å². The number of benzene rings is 1. The van der Waals surface area contributed by atoms with Gasteiger partial charge in [-0.15, -0.1) is 0 Å². The first-order chi connectivity index (χ1) is 11.4. The van der Waals surface area contributed by atoms with E-state index < -0.39 is 9.84 Å². The quantitative estimate of drug-likeness (QED) is 0.784. The Kier molecular flexibility index (Phi) is 4.75. The monoisotopic (exact) mass is 353 g/mol. The number of ketones is 1. The largest absolute Gasteiger partial charge is 0.486 e. The van der Waals surface area contributed by atoms with Crippen LogP contribution >= 0.6 is 0 Å². The summed E-state index contributed by atoms with van der Waals surface area (Å²) in [5.74, 6) is 0.762. The summed E-state index contributed by atoms with van der Waals surface area (Å²) >= 11 is 0. The molecule has 1 amide bonds. The number of rotatable bonds is 5.